The van der Waals surface area contributed by atoms with E-state index in [9.17, 15) is 0 Å². The molecule has 0 saturated carbocycles. The van der Waals surface area contributed by atoms with Gasteiger partial charge < -0.3 is 4.57 Å². The summed E-state index contributed by atoms with van der Waals surface area (Å²) in [4.78, 5) is 20.2. The fraction of sp³-hybridized carbons (Fsp3) is 0.333. The Morgan fingerprint density at radius 2 is 2.00 bits per heavy atom. The molecule has 0 spiro atoms. The normalized spacial score (nSPS) is 15.0. The minimum Gasteiger partial charge on any atom is -0.337 e. The van der Waals surface area contributed by atoms with Gasteiger partial charge in [0, 0.05) is 68.2 Å². The summed E-state index contributed by atoms with van der Waals surface area (Å²) in [5, 5.41) is 0. The van der Waals surface area contributed by atoms with Gasteiger partial charge >= 0.3 is 0 Å². The fourth-order valence-corrected chi connectivity index (χ4v) is 3.23. The van der Waals surface area contributed by atoms with E-state index in [4.69, 9.17) is 0 Å². The molecule has 4 rings (SSSR count). The van der Waals surface area contributed by atoms with E-state index in [0.717, 1.165) is 55.3 Å². The maximum Gasteiger partial charge on any atom is 0.122 e. The van der Waals surface area contributed by atoms with Crippen LogP contribution in [-0.2, 0) is 26.4 Å². The van der Waals surface area contributed by atoms with Gasteiger partial charge in [-0.2, -0.15) is 0 Å². The summed E-state index contributed by atoms with van der Waals surface area (Å²) >= 11 is 0. The smallest absolute Gasteiger partial charge is 0.122 e. The van der Waals surface area contributed by atoms with Crippen molar-refractivity contribution >= 4 is 0 Å². The maximum atomic E-state index is 4.54. The lowest BCUT2D eigenvalue weighted by Crippen LogP contribution is -2.27. The van der Waals surface area contributed by atoms with E-state index in [1.54, 1.807) is 12.5 Å². The predicted octanol–water partition coefficient (Wildman–Crippen LogP) is 1.87. The highest BCUT2D eigenvalue weighted by Crippen LogP contribution is 2.25. The Bertz CT molecular complexity index is 827. The van der Waals surface area contributed by atoms with Crippen LogP contribution < -0.4 is 0 Å². The van der Waals surface area contributed by atoms with Crippen molar-refractivity contribution < 1.29 is 0 Å². The quantitative estimate of drug-likeness (QED) is 0.737. The van der Waals surface area contributed by atoms with E-state index in [1.807, 2.05) is 31.7 Å². The van der Waals surface area contributed by atoms with E-state index in [1.165, 1.54) is 5.56 Å². The molecular weight excluding hydrogens is 300 g/mol. The summed E-state index contributed by atoms with van der Waals surface area (Å²) in [5.41, 5.74) is 4.50. The molecule has 0 saturated heterocycles. The minimum atomic E-state index is 0.868. The monoisotopic (exact) mass is 320 g/mol. The lowest BCUT2D eigenvalue weighted by Gasteiger charge is -2.19. The van der Waals surface area contributed by atoms with Crippen molar-refractivity contribution in [3.8, 4) is 11.3 Å². The Labute approximate surface area is 141 Å². The molecule has 0 aromatic carbocycles. The second-order valence-corrected chi connectivity index (χ2v) is 6.12. The molecule has 6 nitrogen and oxygen atoms in total. The lowest BCUT2D eigenvalue weighted by molar-refractivity contribution is 0.269. The SMILES string of the molecule is Cn1ccnc1CN1CCc2ncnc(-c3cccnc3)c2CC1. The van der Waals surface area contributed by atoms with Crippen molar-refractivity contribution in [3.63, 3.8) is 0 Å². The van der Waals surface area contributed by atoms with Gasteiger partial charge in [0.05, 0.1) is 12.2 Å². The summed E-state index contributed by atoms with van der Waals surface area (Å²) in [6.07, 6.45) is 11.1. The minimum absolute atomic E-state index is 0.868. The fourth-order valence-electron chi connectivity index (χ4n) is 3.23. The van der Waals surface area contributed by atoms with E-state index in [2.05, 4.69) is 35.5 Å². The third-order valence-corrected chi connectivity index (χ3v) is 4.60. The van der Waals surface area contributed by atoms with Crippen LogP contribution in [0, 0.1) is 0 Å². The number of nitrogens with zero attached hydrogens (tertiary/aromatic N) is 6. The van der Waals surface area contributed by atoms with Crippen molar-refractivity contribution in [1.82, 2.24) is 29.4 Å². The van der Waals surface area contributed by atoms with E-state index >= 15 is 0 Å². The highest BCUT2D eigenvalue weighted by atomic mass is 15.2. The molecule has 0 N–H and O–H groups in total. The molecule has 0 radical (unpaired) electrons. The van der Waals surface area contributed by atoms with Gasteiger partial charge in [-0.15, -0.1) is 0 Å². The Morgan fingerprint density at radius 3 is 2.79 bits per heavy atom. The molecule has 3 aromatic heterocycles. The summed E-state index contributed by atoms with van der Waals surface area (Å²) in [7, 11) is 2.04. The van der Waals surface area contributed by atoms with Crippen molar-refractivity contribution in [3.05, 3.63) is 60.3 Å². The van der Waals surface area contributed by atoms with Crippen LogP contribution in [0.2, 0.25) is 0 Å². The number of fused-ring (bicyclic) bond motifs is 1. The summed E-state index contributed by atoms with van der Waals surface area (Å²) in [6, 6.07) is 4.01. The van der Waals surface area contributed by atoms with Gasteiger partial charge in [-0.3, -0.25) is 9.88 Å². The number of pyridine rings is 1. The maximum absolute atomic E-state index is 4.54. The van der Waals surface area contributed by atoms with E-state index < -0.39 is 0 Å². The molecule has 1 aliphatic rings. The number of imidazole rings is 1. The van der Waals surface area contributed by atoms with Crippen LogP contribution in [0.25, 0.3) is 11.3 Å². The third kappa shape index (κ3) is 2.92. The Kier molecular flexibility index (Phi) is 4.04. The highest BCUT2D eigenvalue weighted by molar-refractivity contribution is 5.62. The van der Waals surface area contributed by atoms with Crippen molar-refractivity contribution in [2.75, 3.05) is 13.1 Å². The molecule has 4 heterocycles. The zero-order chi connectivity index (χ0) is 16.4. The molecule has 122 valence electrons. The Hall–Kier alpha value is -2.60. The lowest BCUT2D eigenvalue weighted by atomic mass is 10.0. The average molecular weight is 320 g/mol. The van der Waals surface area contributed by atoms with Crippen LogP contribution in [0.3, 0.4) is 0 Å². The molecule has 0 amide bonds. The first-order valence-corrected chi connectivity index (χ1v) is 8.23. The molecule has 24 heavy (non-hydrogen) atoms. The zero-order valence-corrected chi connectivity index (χ0v) is 13.8. The van der Waals surface area contributed by atoms with Crippen LogP contribution in [-0.4, -0.2) is 42.5 Å². The highest BCUT2D eigenvalue weighted by Gasteiger charge is 2.20. The molecule has 0 unspecified atom stereocenters. The average Bonchev–Trinajstić information content (AvgIpc) is 2.90. The van der Waals surface area contributed by atoms with Gasteiger partial charge in [0.1, 0.15) is 12.2 Å². The first-order valence-electron chi connectivity index (χ1n) is 8.23. The van der Waals surface area contributed by atoms with Crippen molar-refractivity contribution in [2.24, 2.45) is 7.05 Å². The van der Waals surface area contributed by atoms with Crippen molar-refractivity contribution in [2.45, 2.75) is 19.4 Å². The summed E-state index contributed by atoms with van der Waals surface area (Å²) in [6.45, 7) is 2.84. The number of aromatic nitrogens is 5. The van der Waals surface area contributed by atoms with Gasteiger partial charge in [-0.05, 0) is 18.6 Å². The molecule has 3 aromatic rings. The van der Waals surface area contributed by atoms with E-state index in [-0.39, 0.29) is 0 Å². The second-order valence-electron chi connectivity index (χ2n) is 6.12. The summed E-state index contributed by atoms with van der Waals surface area (Å²) < 4.78 is 2.08. The number of aryl methyl sites for hydroxylation is 1. The van der Waals surface area contributed by atoms with Gasteiger partial charge in [-0.25, -0.2) is 15.0 Å². The molecule has 1 aliphatic heterocycles. The van der Waals surface area contributed by atoms with Crippen molar-refractivity contribution in [1.29, 1.82) is 0 Å². The summed E-state index contributed by atoms with van der Waals surface area (Å²) in [5.74, 6) is 1.10. The zero-order valence-electron chi connectivity index (χ0n) is 13.8. The molecule has 0 bridgehead atoms. The topological polar surface area (TPSA) is 59.7 Å². The first kappa shape index (κ1) is 15.0. The number of hydrogen-bond donors (Lipinski definition) is 0. The Morgan fingerprint density at radius 1 is 1.08 bits per heavy atom. The van der Waals surface area contributed by atoms with Crippen LogP contribution in [0.5, 0.6) is 0 Å². The van der Waals surface area contributed by atoms with Crippen LogP contribution in [0.15, 0.2) is 43.2 Å². The number of rotatable bonds is 3. The van der Waals surface area contributed by atoms with Gasteiger partial charge in [-0.1, -0.05) is 0 Å². The second kappa shape index (κ2) is 6.49. The molecular formula is C18H20N6. The largest absolute Gasteiger partial charge is 0.337 e. The van der Waals surface area contributed by atoms with Gasteiger partial charge in [0.25, 0.3) is 0 Å². The molecule has 0 atom stereocenters. The molecule has 6 heteroatoms. The third-order valence-electron chi connectivity index (χ3n) is 4.60. The first-order chi connectivity index (χ1) is 11.8. The standard InChI is InChI=1S/C18H20N6/c1-23-10-7-20-17(23)12-24-8-4-15-16(5-9-24)21-13-22-18(15)14-3-2-6-19-11-14/h2-3,6-7,10-11,13H,4-5,8-9,12H2,1H3. The van der Waals surface area contributed by atoms with Crippen LogP contribution >= 0.6 is 0 Å². The Balaban J connectivity index is 1.58. The van der Waals surface area contributed by atoms with Gasteiger partial charge in [0.15, 0.2) is 0 Å². The van der Waals surface area contributed by atoms with Crippen LogP contribution in [0.1, 0.15) is 17.1 Å². The van der Waals surface area contributed by atoms with E-state index in [0.29, 0.717) is 0 Å². The molecule has 0 fully saturated rings. The predicted molar refractivity (Wildman–Crippen MR) is 91.2 cm³/mol. The molecule has 0 aliphatic carbocycles. The van der Waals surface area contributed by atoms with Gasteiger partial charge in [0.2, 0.25) is 0 Å². The van der Waals surface area contributed by atoms with Crippen LogP contribution in [0.4, 0.5) is 0 Å². The number of hydrogen-bond acceptors (Lipinski definition) is 5.